The maximum atomic E-state index is 12.7. The molecule has 9 heteroatoms. The number of carboxylic acid groups (broad SMARTS) is 1. The smallest absolute Gasteiger partial charge is 0.313 e. The lowest BCUT2D eigenvalue weighted by Gasteiger charge is -2.25. The van der Waals surface area contributed by atoms with Crippen molar-refractivity contribution in [3.8, 4) is 0 Å². The van der Waals surface area contributed by atoms with Crippen molar-refractivity contribution in [1.29, 1.82) is 0 Å². The number of likely N-dealkylation sites (tertiary alicyclic amines) is 1. The first kappa shape index (κ1) is 16.0. The lowest BCUT2D eigenvalue weighted by molar-refractivity contribution is -0.149. The highest BCUT2D eigenvalue weighted by Gasteiger charge is 2.61. The number of aliphatic carboxylic acids is 1. The molecular weight excluding hydrogens is 352 g/mol. The van der Waals surface area contributed by atoms with E-state index in [1.807, 2.05) is 0 Å². The predicted octanol–water partition coefficient (Wildman–Crippen LogP) is 0.692. The summed E-state index contributed by atoms with van der Waals surface area (Å²) in [5, 5.41) is 11.5. The van der Waals surface area contributed by atoms with Crippen LogP contribution in [0.1, 0.15) is 12.8 Å². The molecule has 130 valence electrons. The number of hydrogen-bond acceptors (Lipinski definition) is 5. The van der Waals surface area contributed by atoms with Crippen LogP contribution in [0, 0.1) is 17.3 Å². The Morgan fingerprint density at radius 1 is 1.25 bits per heavy atom. The van der Waals surface area contributed by atoms with Crippen LogP contribution < -0.4 is 0 Å². The Morgan fingerprint density at radius 2 is 2.00 bits per heavy atom. The van der Waals surface area contributed by atoms with Gasteiger partial charge >= 0.3 is 5.97 Å². The molecule has 0 spiro atoms. The van der Waals surface area contributed by atoms with Crippen molar-refractivity contribution in [2.24, 2.45) is 17.3 Å². The highest BCUT2D eigenvalue weighted by atomic mass is 32.2. The van der Waals surface area contributed by atoms with Crippen molar-refractivity contribution < 1.29 is 23.1 Å². The Hall–Kier alpha value is -1.45. The molecule has 1 aromatic heterocycles. The van der Waals surface area contributed by atoms with Gasteiger partial charge in [0.15, 0.2) is 0 Å². The maximum absolute atomic E-state index is 12.7. The Bertz CT molecular complexity index is 787. The second-order valence-corrected chi connectivity index (χ2v) is 9.99. The van der Waals surface area contributed by atoms with Gasteiger partial charge in [-0.3, -0.25) is 9.59 Å². The molecule has 0 aromatic carbocycles. The zero-order chi connectivity index (χ0) is 17.1. The summed E-state index contributed by atoms with van der Waals surface area (Å²) < 4.78 is 26.9. The van der Waals surface area contributed by atoms with Crippen LogP contribution >= 0.6 is 11.3 Å². The largest absolute Gasteiger partial charge is 0.481 e. The number of sulfonamides is 1. The minimum atomic E-state index is -3.67. The summed E-state index contributed by atoms with van der Waals surface area (Å²) in [5.74, 6) is -1.30. The average Bonchev–Trinajstić information content (AvgIpc) is 2.97. The molecule has 24 heavy (non-hydrogen) atoms. The normalized spacial score (nSPS) is 30.5. The molecule has 2 atom stereocenters. The van der Waals surface area contributed by atoms with Gasteiger partial charge in [0, 0.05) is 38.0 Å². The Morgan fingerprint density at radius 3 is 2.54 bits per heavy atom. The lowest BCUT2D eigenvalue weighted by Crippen LogP contribution is -2.43. The van der Waals surface area contributed by atoms with Gasteiger partial charge in [0.2, 0.25) is 5.91 Å². The van der Waals surface area contributed by atoms with Gasteiger partial charge in [-0.05, 0) is 24.3 Å². The standard InChI is InChI=1S/C15H18N2O5S2/c18-13(10-3-4-10)16-6-11-7-17(9-15(11,8-16)14(19)20)24(21,22)12-2-1-5-23-12/h1-2,5,10-11H,3-4,6-9H2,(H,19,20)/t11-,15-/m0/s1. The SMILES string of the molecule is O=C(C1CC1)N1C[C@H]2CN(S(=O)(=O)c3cccs3)C[C@@]2(C(=O)O)C1. The molecule has 7 nitrogen and oxygen atoms in total. The van der Waals surface area contributed by atoms with Crippen molar-refractivity contribution in [3.05, 3.63) is 17.5 Å². The number of fused-ring (bicyclic) bond motifs is 1. The molecule has 0 unspecified atom stereocenters. The molecular formula is C15H18N2O5S2. The molecule has 1 aromatic rings. The van der Waals surface area contributed by atoms with E-state index >= 15 is 0 Å². The first-order valence-corrected chi connectivity index (χ1v) is 10.2. The molecule has 1 N–H and O–H groups in total. The minimum absolute atomic E-state index is 0.0256. The molecule has 3 fully saturated rings. The molecule has 1 aliphatic carbocycles. The zero-order valence-electron chi connectivity index (χ0n) is 12.9. The Balaban J connectivity index is 1.59. The molecule has 1 saturated carbocycles. The van der Waals surface area contributed by atoms with E-state index in [2.05, 4.69) is 0 Å². The Kier molecular flexibility index (Phi) is 3.52. The van der Waals surface area contributed by atoms with Gasteiger partial charge in [0.1, 0.15) is 9.62 Å². The fourth-order valence-corrected chi connectivity index (χ4v) is 6.50. The van der Waals surface area contributed by atoms with Gasteiger partial charge in [-0.25, -0.2) is 8.42 Å². The number of carbonyl (C=O) groups excluding carboxylic acids is 1. The van der Waals surface area contributed by atoms with Crippen LogP contribution in [0.15, 0.2) is 21.7 Å². The van der Waals surface area contributed by atoms with Crippen LogP contribution in [0.3, 0.4) is 0 Å². The summed E-state index contributed by atoms with van der Waals surface area (Å²) in [6.45, 7) is 0.527. The van der Waals surface area contributed by atoms with Gasteiger partial charge in [0.25, 0.3) is 10.0 Å². The summed E-state index contributed by atoms with van der Waals surface area (Å²) >= 11 is 1.13. The number of rotatable bonds is 4. The van der Waals surface area contributed by atoms with Crippen molar-refractivity contribution >= 4 is 33.2 Å². The van der Waals surface area contributed by atoms with Crippen LogP contribution in [0.4, 0.5) is 0 Å². The van der Waals surface area contributed by atoms with Crippen LogP contribution in [-0.4, -0.2) is 60.8 Å². The number of thiophene rings is 1. The van der Waals surface area contributed by atoms with Crippen molar-refractivity contribution in [2.45, 2.75) is 17.1 Å². The topological polar surface area (TPSA) is 95.0 Å². The van der Waals surface area contributed by atoms with E-state index in [0.717, 1.165) is 24.2 Å². The van der Waals surface area contributed by atoms with Crippen LogP contribution in [0.2, 0.25) is 0 Å². The van der Waals surface area contributed by atoms with E-state index in [0.29, 0.717) is 6.54 Å². The van der Waals surface area contributed by atoms with Gasteiger partial charge in [-0.2, -0.15) is 4.31 Å². The molecule has 2 aliphatic heterocycles. The summed E-state index contributed by atoms with van der Waals surface area (Å²) in [4.78, 5) is 25.9. The molecule has 2 saturated heterocycles. The van der Waals surface area contributed by atoms with E-state index in [4.69, 9.17) is 0 Å². The predicted molar refractivity (Wildman–Crippen MR) is 85.9 cm³/mol. The maximum Gasteiger partial charge on any atom is 0.313 e. The number of amides is 1. The highest BCUT2D eigenvalue weighted by molar-refractivity contribution is 7.91. The monoisotopic (exact) mass is 370 g/mol. The molecule has 1 amide bonds. The molecule has 3 aliphatic rings. The van der Waals surface area contributed by atoms with Crippen LogP contribution in [0.25, 0.3) is 0 Å². The quantitative estimate of drug-likeness (QED) is 0.841. The van der Waals surface area contributed by atoms with E-state index in [1.165, 1.54) is 10.4 Å². The average molecular weight is 370 g/mol. The second-order valence-electron chi connectivity index (χ2n) is 6.88. The summed E-state index contributed by atoms with van der Waals surface area (Å²) in [5.41, 5.74) is -1.19. The number of nitrogens with zero attached hydrogens (tertiary/aromatic N) is 2. The van der Waals surface area contributed by atoms with E-state index < -0.39 is 21.4 Å². The number of hydrogen-bond donors (Lipinski definition) is 1. The lowest BCUT2D eigenvalue weighted by atomic mass is 9.81. The zero-order valence-corrected chi connectivity index (χ0v) is 14.6. The first-order chi connectivity index (χ1) is 11.3. The van der Waals surface area contributed by atoms with Crippen LogP contribution in [0.5, 0.6) is 0 Å². The Labute approximate surface area is 143 Å². The van der Waals surface area contributed by atoms with Crippen LogP contribution in [-0.2, 0) is 19.6 Å². The third-order valence-electron chi connectivity index (χ3n) is 5.33. The second kappa shape index (κ2) is 5.27. The van der Waals surface area contributed by atoms with Crippen molar-refractivity contribution in [1.82, 2.24) is 9.21 Å². The molecule has 4 rings (SSSR count). The van der Waals surface area contributed by atoms with E-state index in [-0.39, 0.29) is 41.6 Å². The fourth-order valence-electron chi connectivity index (χ4n) is 3.80. The van der Waals surface area contributed by atoms with Gasteiger partial charge < -0.3 is 10.0 Å². The van der Waals surface area contributed by atoms with Gasteiger partial charge in [0.05, 0.1) is 0 Å². The van der Waals surface area contributed by atoms with Crippen molar-refractivity contribution in [2.75, 3.05) is 26.2 Å². The molecule has 3 heterocycles. The van der Waals surface area contributed by atoms with Gasteiger partial charge in [-0.1, -0.05) is 6.07 Å². The van der Waals surface area contributed by atoms with E-state index in [1.54, 1.807) is 16.3 Å². The summed E-state index contributed by atoms with van der Waals surface area (Å²) in [6.07, 6.45) is 1.75. The number of carboxylic acids is 1. The van der Waals surface area contributed by atoms with E-state index in [9.17, 15) is 23.1 Å². The fraction of sp³-hybridized carbons (Fsp3) is 0.600. The molecule has 0 bridgehead atoms. The number of carbonyl (C=O) groups is 2. The molecule has 0 radical (unpaired) electrons. The van der Waals surface area contributed by atoms with Gasteiger partial charge in [-0.15, -0.1) is 11.3 Å². The first-order valence-electron chi connectivity index (χ1n) is 7.90. The minimum Gasteiger partial charge on any atom is -0.481 e. The summed E-state index contributed by atoms with van der Waals surface area (Å²) in [6, 6.07) is 3.20. The summed E-state index contributed by atoms with van der Waals surface area (Å²) in [7, 11) is -3.67. The highest BCUT2D eigenvalue weighted by Crippen LogP contribution is 2.46. The third-order valence-corrected chi connectivity index (χ3v) is 8.52. The van der Waals surface area contributed by atoms with Crippen molar-refractivity contribution in [3.63, 3.8) is 0 Å². The third kappa shape index (κ3) is 2.29.